The molecule has 2 atom stereocenters. The molecule has 0 aromatic carbocycles. The Morgan fingerprint density at radius 3 is 2.45 bits per heavy atom. The number of fused-ring (bicyclic) bond motifs is 1. The largest absolute Gasteiger partial charge is 0.309 e. The first-order valence-corrected chi connectivity index (χ1v) is 7.30. The quantitative estimate of drug-likeness (QED) is 0.673. The molecule has 1 saturated heterocycles. The zero-order chi connectivity index (χ0) is 15.7. The Balaban J connectivity index is 1.67. The molecular weight excluding hydrogens is 282 g/mol. The van der Waals surface area contributed by atoms with E-state index in [1.54, 1.807) is 12.1 Å². The molecule has 6 nitrogen and oxygen atoms in total. The number of carbonyl (C=O) groups excluding carboxylic acids is 3. The molecule has 6 heteroatoms. The van der Waals surface area contributed by atoms with Gasteiger partial charge in [-0.3, -0.25) is 19.3 Å². The van der Waals surface area contributed by atoms with Crippen LogP contribution in [0.15, 0.2) is 30.4 Å². The second-order valence-corrected chi connectivity index (χ2v) is 5.63. The van der Waals surface area contributed by atoms with Crippen molar-refractivity contribution in [1.29, 1.82) is 0 Å². The lowest BCUT2D eigenvalue weighted by atomic mass is 9.85. The summed E-state index contributed by atoms with van der Waals surface area (Å²) in [4.78, 5) is 41.8. The van der Waals surface area contributed by atoms with Crippen LogP contribution in [0.2, 0.25) is 0 Å². The number of likely N-dealkylation sites (tertiary alicyclic amines) is 1. The number of amides is 3. The fourth-order valence-corrected chi connectivity index (χ4v) is 2.96. The molecular formula is C16H17N3O3. The van der Waals surface area contributed by atoms with Crippen molar-refractivity contribution >= 4 is 23.5 Å². The number of anilines is 1. The zero-order valence-corrected chi connectivity index (χ0v) is 12.3. The van der Waals surface area contributed by atoms with Crippen molar-refractivity contribution in [3.63, 3.8) is 0 Å². The van der Waals surface area contributed by atoms with Crippen LogP contribution in [0.5, 0.6) is 0 Å². The van der Waals surface area contributed by atoms with Gasteiger partial charge in [-0.2, -0.15) is 0 Å². The van der Waals surface area contributed by atoms with E-state index in [0.29, 0.717) is 18.7 Å². The summed E-state index contributed by atoms with van der Waals surface area (Å²) >= 11 is 0. The van der Waals surface area contributed by atoms with Gasteiger partial charge < -0.3 is 5.32 Å². The number of rotatable bonds is 3. The molecule has 0 bridgehead atoms. The van der Waals surface area contributed by atoms with Crippen LogP contribution in [0.4, 0.5) is 5.82 Å². The lowest BCUT2D eigenvalue weighted by Gasteiger charge is -2.14. The van der Waals surface area contributed by atoms with E-state index in [4.69, 9.17) is 0 Å². The Labute approximate surface area is 128 Å². The molecule has 1 aromatic rings. The molecule has 2 heterocycles. The molecule has 0 saturated carbocycles. The first-order valence-electron chi connectivity index (χ1n) is 7.30. The molecule has 0 radical (unpaired) electrons. The van der Waals surface area contributed by atoms with E-state index < -0.39 is 5.91 Å². The number of allylic oxidation sites excluding steroid dienone is 2. The van der Waals surface area contributed by atoms with Crippen LogP contribution in [0.1, 0.15) is 18.5 Å². The monoisotopic (exact) mass is 299 g/mol. The number of pyridine rings is 1. The number of carbonyl (C=O) groups is 3. The fourth-order valence-electron chi connectivity index (χ4n) is 2.96. The van der Waals surface area contributed by atoms with E-state index in [9.17, 15) is 14.4 Å². The van der Waals surface area contributed by atoms with Gasteiger partial charge in [-0.05, 0) is 31.9 Å². The van der Waals surface area contributed by atoms with E-state index >= 15 is 0 Å². The summed E-state index contributed by atoms with van der Waals surface area (Å²) in [5, 5.41) is 2.62. The Bertz CT molecular complexity index is 642. The van der Waals surface area contributed by atoms with Gasteiger partial charge in [0.15, 0.2) is 0 Å². The Morgan fingerprint density at radius 1 is 1.23 bits per heavy atom. The molecule has 1 aromatic heterocycles. The first-order chi connectivity index (χ1) is 10.6. The summed E-state index contributed by atoms with van der Waals surface area (Å²) in [5.41, 5.74) is 0.781. The number of hydrogen-bond acceptors (Lipinski definition) is 4. The highest BCUT2D eigenvalue weighted by atomic mass is 16.2. The highest BCUT2D eigenvalue weighted by molar-refractivity contribution is 6.08. The molecule has 22 heavy (non-hydrogen) atoms. The number of aromatic nitrogens is 1. The molecule has 0 spiro atoms. The normalized spacial score (nSPS) is 23.6. The predicted molar refractivity (Wildman–Crippen MR) is 79.7 cm³/mol. The van der Waals surface area contributed by atoms with Crippen molar-refractivity contribution in [3.8, 4) is 0 Å². The highest BCUT2D eigenvalue weighted by Crippen LogP contribution is 2.34. The van der Waals surface area contributed by atoms with Gasteiger partial charge in [0.25, 0.3) is 0 Å². The molecule has 1 fully saturated rings. The molecule has 3 amide bonds. The van der Waals surface area contributed by atoms with Crippen LogP contribution in [-0.2, 0) is 14.4 Å². The standard InChI is InChI=1S/C16H17N3O3/c1-10-5-4-8-13(17-10)18-14(20)9-19-15(21)11-6-2-3-7-12(11)16(19)22/h2-5,8,11-12H,6-7,9H2,1H3,(H,17,18,20). The van der Waals surface area contributed by atoms with E-state index in [2.05, 4.69) is 10.3 Å². The highest BCUT2D eigenvalue weighted by Gasteiger charge is 2.47. The first kappa shape index (κ1) is 14.4. The van der Waals surface area contributed by atoms with E-state index in [0.717, 1.165) is 10.6 Å². The van der Waals surface area contributed by atoms with E-state index in [1.165, 1.54) is 0 Å². The molecule has 2 unspecified atom stereocenters. The molecule has 114 valence electrons. The van der Waals surface area contributed by atoms with Gasteiger partial charge in [-0.15, -0.1) is 0 Å². The smallest absolute Gasteiger partial charge is 0.245 e. The third-order valence-corrected chi connectivity index (χ3v) is 4.06. The van der Waals surface area contributed by atoms with E-state index in [1.807, 2.05) is 25.1 Å². The summed E-state index contributed by atoms with van der Waals surface area (Å²) in [6.07, 6.45) is 5.00. The van der Waals surface area contributed by atoms with Gasteiger partial charge in [0.05, 0.1) is 11.8 Å². The summed E-state index contributed by atoms with van der Waals surface area (Å²) in [7, 11) is 0. The number of nitrogens with zero attached hydrogens (tertiary/aromatic N) is 2. The maximum atomic E-state index is 12.3. The third kappa shape index (κ3) is 2.64. The van der Waals surface area contributed by atoms with Crippen molar-refractivity contribution in [1.82, 2.24) is 9.88 Å². The Hall–Kier alpha value is -2.50. The summed E-state index contributed by atoms with van der Waals surface area (Å²) in [6, 6.07) is 5.27. The second-order valence-electron chi connectivity index (χ2n) is 5.63. The lowest BCUT2D eigenvalue weighted by Crippen LogP contribution is -2.38. The summed E-state index contributed by atoms with van der Waals surface area (Å²) < 4.78 is 0. The summed E-state index contributed by atoms with van der Waals surface area (Å²) in [5.74, 6) is -1.09. The van der Waals surface area contributed by atoms with Crippen molar-refractivity contribution in [2.75, 3.05) is 11.9 Å². The SMILES string of the molecule is Cc1cccc(NC(=O)CN2C(=O)C3CC=CCC3C2=O)n1. The van der Waals surface area contributed by atoms with Crippen LogP contribution >= 0.6 is 0 Å². The third-order valence-electron chi connectivity index (χ3n) is 4.06. The number of hydrogen-bond donors (Lipinski definition) is 1. The van der Waals surface area contributed by atoms with Gasteiger partial charge in [-0.1, -0.05) is 18.2 Å². The van der Waals surface area contributed by atoms with Gasteiger partial charge in [0, 0.05) is 5.69 Å². The average molecular weight is 299 g/mol. The Morgan fingerprint density at radius 2 is 1.86 bits per heavy atom. The van der Waals surface area contributed by atoms with Crippen molar-refractivity contribution in [3.05, 3.63) is 36.0 Å². The van der Waals surface area contributed by atoms with Gasteiger partial charge in [0.2, 0.25) is 17.7 Å². The number of imide groups is 1. The second kappa shape index (κ2) is 5.71. The average Bonchev–Trinajstić information content (AvgIpc) is 2.73. The van der Waals surface area contributed by atoms with Crippen LogP contribution in [0.25, 0.3) is 0 Å². The topological polar surface area (TPSA) is 79.4 Å². The van der Waals surface area contributed by atoms with Gasteiger partial charge >= 0.3 is 0 Å². The molecule has 3 rings (SSSR count). The zero-order valence-electron chi connectivity index (χ0n) is 12.3. The molecule has 2 aliphatic rings. The van der Waals surface area contributed by atoms with Crippen molar-refractivity contribution in [2.45, 2.75) is 19.8 Å². The van der Waals surface area contributed by atoms with Crippen LogP contribution in [-0.4, -0.2) is 34.2 Å². The maximum absolute atomic E-state index is 12.3. The fraction of sp³-hybridized carbons (Fsp3) is 0.375. The minimum atomic E-state index is -0.411. The molecule has 1 aliphatic heterocycles. The Kier molecular flexibility index (Phi) is 3.75. The van der Waals surface area contributed by atoms with E-state index in [-0.39, 0.29) is 30.2 Å². The van der Waals surface area contributed by atoms with Crippen molar-refractivity contribution < 1.29 is 14.4 Å². The van der Waals surface area contributed by atoms with Crippen LogP contribution in [0, 0.1) is 18.8 Å². The minimum Gasteiger partial charge on any atom is -0.309 e. The van der Waals surface area contributed by atoms with Crippen LogP contribution < -0.4 is 5.32 Å². The van der Waals surface area contributed by atoms with Crippen molar-refractivity contribution in [2.24, 2.45) is 11.8 Å². The number of nitrogens with one attached hydrogen (secondary N) is 1. The maximum Gasteiger partial charge on any atom is 0.245 e. The molecule has 1 aliphatic carbocycles. The summed E-state index contributed by atoms with van der Waals surface area (Å²) in [6.45, 7) is 1.57. The molecule has 1 N–H and O–H groups in total. The predicted octanol–water partition coefficient (Wildman–Crippen LogP) is 1.28. The van der Waals surface area contributed by atoms with Gasteiger partial charge in [0.1, 0.15) is 12.4 Å². The van der Waals surface area contributed by atoms with Crippen LogP contribution in [0.3, 0.4) is 0 Å². The lowest BCUT2D eigenvalue weighted by molar-refractivity contribution is -0.142. The van der Waals surface area contributed by atoms with Gasteiger partial charge in [-0.25, -0.2) is 4.98 Å². The minimum absolute atomic E-state index is 0.244. The number of aryl methyl sites for hydroxylation is 1.